The zero-order valence-corrected chi connectivity index (χ0v) is 6.37. The van der Waals surface area contributed by atoms with Crippen LogP contribution in [-0.4, -0.2) is 14.2 Å². The number of pyridine rings is 1. The van der Waals surface area contributed by atoms with E-state index in [-0.39, 0.29) is 0 Å². The average Bonchev–Trinajstić information content (AvgIpc) is 2.03. The first kappa shape index (κ1) is 7.78. The van der Waals surface area contributed by atoms with E-state index >= 15 is 0 Å². The molecule has 0 spiro atoms. The summed E-state index contributed by atoms with van der Waals surface area (Å²) in [5.41, 5.74) is 0. The van der Waals surface area contributed by atoms with Gasteiger partial charge in [0.25, 0.3) is 12.4 Å². The van der Waals surface area contributed by atoms with E-state index in [1.807, 2.05) is 0 Å². The van der Waals surface area contributed by atoms with Crippen LogP contribution in [0.25, 0.3) is 0 Å². The molecule has 0 aliphatic carbocycles. The molecule has 0 fully saturated rings. The summed E-state index contributed by atoms with van der Waals surface area (Å²) >= 11 is 0. The maximum absolute atomic E-state index is 12.6. The van der Waals surface area contributed by atoms with E-state index in [2.05, 4.69) is 0 Å². The van der Waals surface area contributed by atoms with Gasteiger partial charge >= 0.3 is 0 Å². The highest BCUT2D eigenvalue weighted by molar-refractivity contribution is 5.13. The standard InChI is InChI=1S/C7H9FNO2/c1-10-7-3-6(8)4-9(5-7)11-2/h3-5H,1-2H3/q+1. The van der Waals surface area contributed by atoms with Gasteiger partial charge in [0.2, 0.25) is 0 Å². The average molecular weight is 158 g/mol. The summed E-state index contributed by atoms with van der Waals surface area (Å²) in [6.07, 6.45) is 2.74. The monoisotopic (exact) mass is 158 g/mol. The molecule has 4 heteroatoms. The Kier molecular flexibility index (Phi) is 2.25. The number of nitrogens with zero attached hydrogens (tertiary/aromatic N) is 1. The lowest BCUT2D eigenvalue weighted by atomic mass is 10.4. The van der Waals surface area contributed by atoms with E-state index in [0.717, 1.165) is 0 Å². The number of halogens is 1. The molecule has 3 nitrogen and oxygen atoms in total. The molecule has 11 heavy (non-hydrogen) atoms. The fourth-order valence-electron chi connectivity index (χ4n) is 0.712. The third-order valence-electron chi connectivity index (χ3n) is 1.23. The fourth-order valence-corrected chi connectivity index (χ4v) is 0.712. The molecule has 1 aromatic heterocycles. The number of ether oxygens (including phenoxy) is 1. The van der Waals surface area contributed by atoms with Crippen molar-refractivity contribution >= 4 is 0 Å². The van der Waals surface area contributed by atoms with Gasteiger partial charge in [-0.15, -0.1) is 0 Å². The lowest BCUT2D eigenvalue weighted by molar-refractivity contribution is -0.886. The van der Waals surface area contributed by atoms with Crippen molar-refractivity contribution in [3.8, 4) is 5.75 Å². The van der Waals surface area contributed by atoms with Crippen LogP contribution in [0, 0.1) is 5.82 Å². The Bertz CT molecular complexity index is 230. The second-order valence-corrected chi connectivity index (χ2v) is 1.94. The minimum Gasteiger partial charge on any atom is -0.491 e. The molecule has 0 bridgehead atoms. The van der Waals surface area contributed by atoms with E-state index < -0.39 is 5.82 Å². The minimum atomic E-state index is -0.397. The van der Waals surface area contributed by atoms with Crippen molar-refractivity contribution in [1.82, 2.24) is 0 Å². The van der Waals surface area contributed by atoms with Crippen LogP contribution in [0.15, 0.2) is 18.5 Å². The second-order valence-electron chi connectivity index (χ2n) is 1.94. The maximum atomic E-state index is 12.6. The molecule has 0 amide bonds. The number of hydrogen-bond donors (Lipinski definition) is 0. The van der Waals surface area contributed by atoms with Gasteiger partial charge in [-0.05, 0) is 0 Å². The summed E-state index contributed by atoms with van der Waals surface area (Å²) in [6.45, 7) is 0. The highest BCUT2D eigenvalue weighted by Crippen LogP contribution is 2.06. The molecule has 0 saturated heterocycles. The van der Waals surface area contributed by atoms with Gasteiger partial charge in [-0.1, -0.05) is 0 Å². The molecule has 0 radical (unpaired) electrons. The number of rotatable bonds is 2. The summed E-state index contributed by atoms with van der Waals surface area (Å²) in [6, 6.07) is 1.27. The number of hydrogen-bond acceptors (Lipinski definition) is 2. The molecule has 0 unspecified atom stereocenters. The van der Waals surface area contributed by atoms with Crippen LogP contribution in [0.4, 0.5) is 4.39 Å². The Morgan fingerprint density at radius 3 is 2.64 bits per heavy atom. The number of aromatic nitrogens is 1. The molecular weight excluding hydrogens is 149 g/mol. The first-order valence-electron chi connectivity index (χ1n) is 3.06. The van der Waals surface area contributed by atoms with Gasteiger partial charge in [0, 0.05) is 10.8 Å². The summed E-state index contributed by atoms with van der Waals surface area (Å²) in [4.78, 5) is 4.73. The molecule has 0 saturated carbocycles. The van der Waals surface area contributed by atoms with Crippen LogP contribution >= 0.6 is 0 Å². The fraction of sp³-hybridized carbons (Fsp3) is 0.286. The zero-order valence-electron chi connectivity index (χ0n) is 6.37. The number of methoxy groups -OCH3 is 1. The van der Waals surface area contributed by atoms with E-state index in [1.165, 1.54) is 37.4 Å². The van der Waals surface area contributed by atoms with Gasteiger partial charge in [0.1, 0.15) is 7.11 Å². The van der Waals surface area contributed by atoms with Gasteiger partial charge in [0.15, 0.2) is 11.6 Å². The highest BCUT2D eigenvalue weighted by Gasteiger charge is 2.06. The molecular formula is C7H9FNO2+. The van der Waals surface area contributed by atoms with E-state index in [9.17, 15) is 4.39 Å². The molecule has 1 heterocycles. The lowest BCUT2D eigenvalue weighted by Gasteiger charge is -1.96. The SMILES string of the molecule is COc1cc(F)c[n+](OC)c1. The van der Waals surface area contributed by atoms with Crippen molar-refractivity contribution < 1.29 is 18.7 Å². The van der Waals surface area contributed by atoms with E-state index in [4.69, 9.17) is 9.57 Å². The van der Waals surface area contributed by atoms with Crippen LogP contribution in [0.3, 0.4) is 0 Å². The Hall–Kier alpha value is -1.32. The highest BCUT2D eigenvalue weighted by atomic mass is 19.1. The predicted octanol–water partition coefficient (Wildman–Crippen LogP) is 0.180. The van der Waals surface area contributed by atoms with Crippen molar-refractivity contribution in [3.63, 3.8) is 0 Å². The summed E-state index contributed by atoms with van der Waals surface area (Å²) in [5, 5.41) is 0. The molecule has 0 atom stereocenters. The molecule has 0 aliphatic heterocycles. The Morgan fingerprint density at radius 1 is 1.36 bits per heavy atom. The third-order valence-corrected chi connectivity index (χ3v) is 1.23. The van der Waals surface area contributed by atoms with Crippen LogP contribution in [0.1, 0.15) is 0 Å². The van der Waals surface area contributed by atoms with E-state index in [1.54, 1.807) is 0 Å². The lowest BCUT2D eigenvalue weighted by Crippen LogP contribution is -2.40. The molecule has 1 rings (SSSR count). The van der Waals surface area contributed by atoms with Crippen molar-refractivity contribution in [1.29, 1.82) is 0 Å². The summed E-state index contributed by atoms with van der Waals surface area (Å²) < 4.78 is 18.6. The predicted molar refractivity (Wildman–Crippen MR) is 35.7 cm³/mol. The van der Waals surface area contributed by atoms with Gasteiger partial charge in [0.05, 0.1) is 7.11 Å². The third kappa shape index (κ3) is 1.80. The van der Waals surface area contributed by atoms with Gasteiger partial charge < -0.3 is 4.74 Å². The normalized spacial score (nSPS) is 9.36. The summed E-state index contributed by atoms with van der Waals surface area (Å²) in [7, 11) is 2.91. The van der Waals surface area contributed by atoms with Crippen molar-refractivity contribution in [2.24, 2.45) is 0 Å². The van der Waals surface area contributed by atoms with Crippen LogP contribution in [0.5, 0.6) is 5.75 Å². The molecule has 0 N–H and O–H groups in total. The molecule has 0 aromatic carbocycles. The maximum Gasteiger partial charge on any atom is 0.264 e. The van der Waals surface area contributed by atoms with Gasteiger partial charge in [-0.3, -0.25) is 4.84 Å². The quantitative estimate of drug-likeness (QED) is 0.573. The largest absolute Gasteiger partial charge is 0.491 e. The second kappa shape index (κ2) is 3.18. The molecule has 1 aromatic rings. The first-order chi connectivity index (χ1) is 5.26. The van der Waals surface area contributed by atoms with E-state index in [0.29, 0.717) is 5.75 Å². The molecule has 0 aliphatic rings. The van der Waals surface area contributed by atoms with Crippen molar-refractivity contribution in [3.05, 3.63) is 24.3 Å². The Morgan fingerprint density at radius 2 is 2.09 bits per heavy atom. The Labute approximate surface area is 63.9 Å². The topological polar surface area (TPSA) is 22.3 Å². The zero-order chi connectivity index (χ0) is 8.27. The first-order valence-corrected chi connectivity index (χ1v) is 3.06. The van der Waals surface area contributed by atoms with Crippen molar-refractivity contribution in [2.75, 3.05) is 14.2 Å². The van der Waals surface area contributed by atoms with Gasteiger partial charge in [-0.2, -0.15) is 0 Å². The van der Waals surface area contributed by atoms with Crippen LogP contribution in [-0.2, 0) is 0 Å². The van der Waals surface area contributed by atoms with Crippen LogP contribution < -0.4 is 14.3 Å². The smallest absolute Gasteiger partial charge is 0.264 e. The Balaban J connectivity index is 3.02. The van der Waals surface area contributed by atoms with Crippen LogP contribution in [0.2, 0.25) is 0 Å². The van der Waals surface area contributed by atoms with Crippen molar-refractivity contribution in [2.45, 2.75) is 0 Å². The summed E-state index contributed by atoms with van der Waals surface area (Å²) in [5.74, 6) is 0.0260. The molecule has 60 valence electrons. The van der Waals surface area contributed by atoms with Gasteiger partial charge in [-0.25, -0.2) is 4.39 Å². The minimum absolute atomic E-state index is 0.397.